The molecular formula is C43H38. The van der Waals surface area contributed by atoms with Crippen LogP contribution in [0.1, 0.15) is 59.7 Å². The second-order valence-electron chi connectivity index (χ2n) is 12.7. The minimum atomic E-state index is -0.118. The molecule has 0 aromatic heterocycles. The van der Waals surface area contributed by atoms with Gasteiger partial charge in [0.1, 0.15) is 0 Å². The number of fused-ring (bicyclic) bond motifs is 3. The normalized spacial score (nSPS) is 13.9. The van der Waals surface area contributed by atoms with E-state index in [1.54, 1.807) is 0 Å². The van der Waals surface area contributed by atoms with Gasteiger partial charge in [0, 0.05) is 5.41 Å². The first-order valence-corrected chi connectivity index (χ1v) is 15.4. The first kappa shape index (κ1) is 27.2. The zero-order chi connectivity index (χ0) is 29.7. The molecule has 1 aliphatic rings. The van der Waals surface area contributed by atoms with Crippen LogP contribution in [0.5, 0.6) is 0 Å². The van der Waals surface area contributed by atoms with Crippen molar-refractivity contribution in [1.29, 1.82) is 0 Å². The van der Waals surface area contributed by atoms with Crippen LogP contribution in [0.4, 0.5) is 0 Å². The maximum Gasteiger partial charge on any atom is 0.0161 e. The first-order chi connectivity index (χ1) is 20.8. The molecule has 0 radical (unpaired) electrons. The fourth-order valence-corrected chi connectivity index (χ4v) is 7.39. The van der Waals surface area contributed by atoms with Crippen molar-refractivity contribution in [3.05, 3.63) is 166 Å². The Bertz CT molecular complexity index is 2040. The van der Waals surface area contributed by atoms with Gasteiger partial charge in [-0.05, 0) is 122 Å². The van der Waals surface area contributed by atoms with Gasteiger partial charge in [-0.3, -0.25) is 0 Å². The van der Waals surface area contributed by atoms with Crippen LogP contribution < -0.4 is 0 Å². The molecule has 6 aromatic rings. The van der Waals surface area contributed by atoms with Gasteiger partial charge in [0.05, 0.1) is 0 Å². The number of hydrogen-bond acceptors (Lipinski definition) is 0. The van der Waals surface area contributed by atoms with Gasteiger partial charge in [-0.2, -0.15) is 0 Å². The lowest BCUT2D eigenvalue weighted by Gasteiger charge is -2.27. The summed E-state index contributed by atoms with van der Waals surface area (Å²) in [5.41, 5.74) is 17.4. The van der Waals surface area contributed by atoms with Crippen LogP contribution in [-0.2, 0) is 11.8 Å². The summed E-state index contributed by atoms with van der Waals surface area (Å²) in [6.07, 6.45) is 0.906. The summed E-state index contributed by atoms with van der Waals surface area (Å²) >= 11 is 0. The quantitative estimate of drug-likeness (QED) is 0.199. The predicted molar refractivity (Wildman–Crippen MR) is 185 cm³/mol. The average molecular weight is 555 g/mol. The number of allylic oxidation sites excluding steroid dienone is 2. The summed E-state index contributed by atoms with van der Waals surface area (Å²) in [6.45, 7) is 11.6. The summed E-state index contributed by atoms with van der Waals surface area (Å²) < 4.78 is 0. The highest BCUT2D eigenvalue weighted by atomic mass is 14.4. The Kier molecular flexibility index (Phi) is 6.66. The molecule has 0 aliphatic heterocycles. The van der Waals surface area contributed by atoms with E-state index in [1.807, 2.05) is 0 Å². The third-order valence-electron chi connectivity index (χ3n) is 9.60. The Labute approximate surface area is 256 Å². The topological polar surface area (TPSA) is 0 Å². The fraction of sp³-hybridized carbons (Fsp3) is 0.163. The van der Waals surface area contributed by atoms with Gasteiger partial charge in [0.15, 0.2) is 0 Å². The third kappa shape index (κ3) is 4.63. The number of benzene rings is 6. The predicted octanol–water partition coefficient (Wildman–Crippen LogP) is 11.6. The Morgan fingerprint density at radius 3 is 1.98 bits per heavy atom. The maximum atomic E-state index is 2.47. The molecule has 43 heavy (non-hydrogen) atoms. The van der Waals surface area contributed by atoms with E-state index in [1.165, 1.54) is 83.1 Å². The van der Waals surface area contributed by atoms with Crippen LogP contribution in [0.2, 0.25) is 0 Å². The maximum absolute atomic E-state index is 2.47. The van der Waals surface area contributed by atoms with Crippen LogP contribution in [0, 0.1) is 13.8 Å². The smallest absolute Gasteiger partial charge is 0.0161 e. The Balaban J connectivity index is 1.44. The first-order valence-electron chi connectivity index (χ1n) is 15.4. The van der Waals surface area contributed by atoms with Crippen molar-refractivity contribution in [2.75, 3.05) is 0 Å². The zero-order valence-electron chi connectivity index (χ0n) is 25.8. The molecule has 0 fully saturated rings. The van der Waals surface area contributed by atoms with Crippen LogP contribution in [0.15, 0.2) is 127 Å². The molecule has 0 unspecified atom stereocenters. The summed E-state index contributed by atoms with van der Waals surface area (Å²) in [7, 11) is 0. The van der Waals surface area contributed by atoms with Crippen molar-refractivity contribution < 1.29 is 0 Å². The standard InChI is InChI=1S/C43H38/c1-28-13-9-11-17-36(28)38-26-33(20-19-29(38)2)34-21-22-35(25-31-14-7-6-8-15-31)39(27-34)42-30(3)41-37-18-12-10-16-32(37)23-24-40(41)43(42,4)5/h6-24,26-27H,25H2,1-5H3. The van der Waals surface area contributed by atoms with Crippen molar-refractivity contribution in [3.8, 4) is 22.3 Å². The van der Waals surface area contributed by atoms with E-state index in [4.69, 9.17) is 0 Å². The molecule has 210 valence electrons. The van der Waals surface area contributed by atoms with E-state index < -0.39 is 0 Å². The molecule has 0 saturated heterocycles. The highest BCUT2D eigenvalue weighted by Gasteiger charge is 2.38. The van der Waals surface area contributed by atoms with Crippen LogP contribution in [-0.4, -0.2) is 0 Å². The van der Waals surface area contributed by atoms with Crippen molar-refractivity contribution >= 4 is 21.9 Å². The summed E-state index contributed by atoms with van der Waals surface area (Å²) in [5, 5.41) is 2.65. The van der Waals surface area contributed by atoms with Crippen molar-refractivity contribution in [2.45, 2.75) is 46.5 Å². The van der Waals surface area contributed by atoms with Crippen molar-refractivity contribution in [3.63, 3.8) is 0 Å². The van der Waals surface area contributed by atoms with E-state index in [9.17, 15) is 0 Å². The largest absolute Gasteiger partial charge is 0.0622 e. The lowest BCUT2D eigenvalue weighted by molar-refractivity contribution is 0.703. The summed E-state index contributed by atoms with van der Waals surface area (Å²) in [6, 6.07) is 47.2. The molecule has 0 spiro atoms. The molecule has 1 aliphatic carbocycles. The highest BCUT2D eigenvalue weighted by Crippen LogP contribution is 2.53. The van der Waals surface area contributed by atoms with E-state index in [0.29, 0.717) is 0 Å². The van der Waals surface area contributed by atoms with E-state index in [-0.39, 0.29) is 5.41 Å². The molecular weight excluding hydrogens is 516 g/mol. The van der Waals surface area contributed by atoms with Crippen LogP contribution in [0.25, 0.3) is 44.2 Å². The lowest BCUT2D eigenvalue weighted by Crippen LogP contribution is -2.17. The number of hydrogen-bond donors (Lipinski definition) is 0. The molecule has 0 bridgehead atoms. The zero-order valence-corrected chi connectivity index (χ0v) is 25.8. The van der Waals surface area contributed by atoms with Gasteiger partial charge in [-0.1, -0.05) is 129 Å². The molecule has 0 atom stereocenters. The monoisotopic (exact) mass is 554 g/mol. The van der Waals surface area contributed by atoms with Gasteiger partial charge in [0.2, 0.25) is 0 Å². The minimum Gasteiger partial charge on any atom is -0.0622 e. The Hall–Kier alpha value is -4.68. The second-order valence-corrected chi connectivity index (χ2v) is 12.7. The molecule has 0 heteroatoms. The van der Waals surface area contributed by atoms with Gasteiger partial charge in [-0.15, -0.1) is 0 Å². The van der Waals surface area contributed by atoms with Gasteiger partial charge in [0.25, 0.3) is 0 Å². The molecule has 0 nitrogen and oxygen atoms in total. The van der Waals surface area contributed by atoms with Gasteiger partial charge >= 0.3 is 0 Å². The van der Waals surface area contributed by atoms with Crippen LogP contribution >= 0.6 is 0 Å². The van der Waals surface area contributed by atoms with E-state index >= 15 is 0 Å². The van der Waals surface area contributed by atoms with E-state index in [0.717, 1.165) is 6.42 Å². The summed E-state index contributed by atoms with van der Waals surface area (Å²) in [4.78, 5) is 0. The highest BCUT2D eigenvalue weighted by molar-refractivity contribution is 6.09. The Morgan fingerprint density at radius 1 is 0.535 bits per heavy atom. The van der Waals surface area contributed by atoms with Gasteiger partial charge in [-0.25, -0.2) is 0 Å². The van der Waals surface area contributed by atoms with E-state index in [2.05, 4.69) is 162 Å². The second kappa shape index (κ2) is 10.5. The number of aryl methyl sites for hydroxylation is 2. The summed E-state index contributed by atoms with van der Waals surface area (Å²) in [5.74, 6) is 0. The lowest BCUT2D eigenvalue weighted by atomic mass is 9.75. The Morgan fingerprint density at radius 2 is 1.19 bits per heavy atom. The molecule has 6 aromatic carbocycles. The SMILES string of the molecule is CC1=C(c2cc(-c3ccc(C)c(-c4ccccc4C)c3)ccc2Cc2ccccc2)C(C)(C)c2ccc3ccccc3c21. The van der Waals surface area contributed by atoms with Crippen molar-refractivity contribution in [1.82, 2.24) is 0 Å². The minimum absolute atomic E-state index is 0.118. The molecule has 0 heterocycles. The average Bonchev–Trinajstić information content (AvgIpc) is 3.23. The molecule has 0 saturated carbocycles. The molecule has 0 amide bonds. The fourth-order valence-electron chi connectivity index (χ4n) is 7.39. The molecule has 0 N–H and O–H groups in total. The third-order valence-corrected chi connectivity index (χ3v) is 9.60. The van der Waals surface area contributed by atoms with Crippen molar-refractivity contribution in [2.24, 2.45) is 0 Å². The molecule has 7 rings (SSSR count). The van der Waals surface area contributed by atoms with Crippen LogP contribution in [0.3, 0.4) is 0 Å². The van der Waals surface area contributed by atoms with Gasteiger partial charge < -0.3 is 0 Å². The number of rotatable bonds is 5.